The quantitative estimate of drug-likeness (QED) is 0.863. The molecule has 0 saturated carbocycles. The van der Waals surface area contributed by atoms with E-state index in [1.165, 1.54) is 0 Å². The van der Waals surface area contributed by atoms with Gasteiger partial charge in [0.05, 0.1) is 17.1 Å². The van der Waals surface area contributed by atoms with E-state index < -0.39 is 0 Å². The number of carbonyl (C=O) groups is 1. The van der Waals surface area contributed by atoms with Gasteiger partial charge in [0.2, 0.25) is 0 Å². The lowest BCUT2D eigenvalue weighted by Gasteiger charge is -2.07. The molecule has 1 amide bonds. The minimum absolute atomic E-state index is 0.135. The van der Waals surface area contributed by atoms with Gasteiger partial charge in [0.25, 0.3) is 5.91 Å². The molecular formula is C13H12ClNOS2. The molecule has 18 heavy (non-hydrogen) atoms. The summed E-state index contributed by atoms with van der Waals surface area (Å²) in [6.07, 6.45) is 1.97. The van der Waals surface area contributed by atoms with Crippen LogP contribution in [0.2, 0.25) is 5.02 Å². The van der Waals surface area contributed by atoms with E-state index in [9.17, 15) is 4.79 Å². The van der Waals surface area contributed by atoms with Crippen LogP contribution in [0.3, 0.4) is 0 Å². The third-order valence-corrected chi connectivity index (χ3v) is 4.35. The van der Waals surface area contributed by atoms with E-state index in [4.69, 9.17) is 11.6 Å². The topological polar surface area (TPSA) is 29.1 Å². The number of halogens is 1. The Morgan fingerprint density at radius 3 is 2.94 bits per heavy atom. The van der Waals surface area contributed by atoms with Crippen LogP contribution in [-0.2, 0) is 6.54 Å². The van der Waals surface area contributed by atoms with Crippen molar-refractivity contribution in [2.45, 2.75) is 11.4 Å². The molecule has 0 saturated heterocycles. The lowest BCUT2D eigenvalue weighted by molar-refractivity contribution is 0.0951. The predicted molar refractivity (Wildman–Crippen MR) is 78.7 cm³/mol. The zero-order chi connectivity index (χ0) is 13.0. The number of nitrogens with one attached hydrogen (secondary N) is 1. The number of rotatable bonds is 4. The second-order valence-electron chi connectivity index (χ2n) is 3.61. The van der Waals surface area contributed by atoms with E-state index in [0.717, 1.165) is 9.77 Å². The first-order valence-electron chi connectivity index (χ1n) is 5.35. The Kier molecular flexibility index (Phi) is 4.69. The average Bonchev–Trinajstić information content (AvgIpc) is 2.89. The van der Waals surface area contributed by atoms with Gasteiger partial charge < -0.3 is 5.32 Å². The maximum Gasteiger partial charge on any atom is 0.253 e. The molecule has 2 aromatic rings. The molecule has 1 aromatic carbocycles. The third-order valence-electron chi connectivity index (χ3n) is 2.42. The monoisotopic (exact) mass is 297 g/mol. The molecule has 1 N–H and O–H groups in total. The normalized spacial score (nSPS) is 10.3. The minimum atomic E-state index is -0.135. The Bertz CT molecular complexity index is 540. The standard InChI is InChI=1S/C13H12ClNOS2/c1-17-9-4-5-12(14)11(7-9)13(16)15-8-10-3-2-6-18-10/h2-7H,8H2,1H3,(H,15,16). The fraction of sp³-hybridized carbons (Fsp3) is 0.154. The fourth-order valence-electron chi connectivity index (χ4n) is 1.48. The Hall–Kier alpha value is -0.970. The van der Waals surface area contributed by atoms with Gasteiger partial charge in [-0.15, -0.1) is 23.1 Å². The van der Waals surface area contributed by atoms with Gasteiger partial charge in [-0.05, 0) is 35.9 Å². The first-order valence-corrected chi connectivity index (χ1v) is 7.83. The molecule has 2 rings (SSSR count). The van der Waals surface area contributed by atoms with Gasteiger partial charge >= 0.3 is 0 Å². The van der Waals surface area contributed by atoms with Gasteiger partial charge in [-0.25, -0.2) is 0 Å². The number of hydrogen-bond donors (Lipinski definition) is 1. The molecule has 1 heterocycles. The molecule has 0 atom stereocenters. The van der Waals surface area contributed by atoms with E-state index in [2.05, 4.69) is 5.32 Å². The first-order chi connectivity index (χ1) is 8.70. The van der Waals surface area contributed by atoms with Crippen molar-refractivity contribution in [3.05, 3.63) is 51.2 Å². The van der Waals surface area contributed by atoms with Crippen LogP contribution in [0.5, 0.6) is 0 Å². The van der Waals surface area contributed by atoms with Gasteiger partial charge in [0, 0.05) is 9.77 Å². The van der Waals surface area contributed by atoms with Crippen LogP contribution >= 0.6 is 34.7 Å². The zero-order valence-electron chi connectivity index (χ0n) is 9.77. The molecule has 2 nitrogen and oxygen atoms in total. The third kappa shape index (κ3) is 3.28. The Morgan fingerprint density at radius 2 is 2.28 bits per heavy atom. The Balaban J connectivity index is 2.08. The smallest absolute Gasteiger partial charge is 0.253 e. The van der Waals surface area contributed by atoms with Crippen molar-refractivity contribution in [3.63, 3.8) is 0 Å². The second-order valence-corrected chi connectivity index (χ2v) is 5.93. The van der Waals surface area contributed by atoms with Crippen LogP contribution in [-0.4, -0.2) is 12.2 Å². The highest BCUT2D eigenvalue weighted by Gasteiger charge is 2.11. The van der Waals surface area contributed by atoms with E-state index in [1.54, 1.807) is 29.2 Å². The van der Waals surface area contributed by atoms with Gasteiger partial charge in [0.1, 0.15) is 0 Å². The number of thioether (sulfide) groups is 1. The average molecular weight is 298 g/mol. The summed E-state index contributed by atoms with van der Waals surface area (Å²) in [5.74, 6) is -0.135. The summed E-state index contributed by atoms with van der Waals surface area (Å²) in [6.45, 7) is 0.538. The molecule has 0 aliphatic rings. The number of carbonyl (C=O) groups excluding carboxylic acids is 1. The van der Waals surface area contributed by atoms with Crippen LogP contribution in [0.15, 0.2) is 40.6 Å². The highest BCUT2D eigenvalue weighted by atomic mass is 35.5. The molecule has 1 aromatic heterocycles. The summed E-state index contributed by atoms with van der Waals surface area (Å²) >= 11 is 9.25. The van der Waals surface area contributed by atoms with E-state index >= 15 is 0 Å². The fourth-order valence-corrected chi connectivity index (χ4v) is 2.77. The number of amides is 1. The summed E-state index contributed by atoms with van der Waals surface area (Å²) < 4.78 is 0. The molecule has 0 spiro atoms. The number of hydrogen-bond acceptors (Lipinski definition) is 3. The molecular weight excluding hydrogens is 286 g/mol. The summed E-state index contributed by atoms with van der Waals surface area (Å²) in [6, 6.07) is 9.44. The van der Waals surface area contributed by atoms with Crippen molar-refractivity contribution in [2.24, 2.45) is 0 Å². The Labute approximate surface area is 119 Å². The predicted octanol–water partition coefficient (Wildman–Crippen LogP) is 4.05. The van der Waals surface area contributed by atoms with Crippen LogP contribution < -0.4 is 5.32 Å². The zero-order valence-corrected chi connectivity index (χ0v) is 12.2. The van der Waals surface area contributed by atoms with Crippen LogP contribution in [0.25, 0.3) is 0 Å². The minimum Gasteiger partial charge on any atom is -0.347 e. The van der Waals surface area contributed by atoms with Gasteiger partial charge in [-0.3, -0.25) is 4.79 Å². The summed E-state index contributed by atoms with van der Waals surface area (Å²) in [5.41, 5.74) is 0.528. The molecule has 0 bridgehead atoms. The van der Waals surface area contributed by atoms with Gasteiger partial charge in [-0.2, -0.15) is 0 Å². The highest BCUT2D eigenvalue weighted by molar-refractivity contribution is 7.98. The van der Waals surface area contributed by atoms with Crippen molar-refractivity contribution >= 4 is 40.6 Å². The Morgan fingerprint density at radius 1 is 1.44 bits per heavy atom. The van der Waals surface area contributed by atoms with Crippen molar-refractivity contribution in [1.82, 2.24) is 5.32 Å². The van der Waals surface area contributed by atoms with E-state index in [-0.39, 0.29) is 5.91 Å². The molecule has 0 aliphatic carbocycles. The maximum atomic E-state index is 12.0. The van der Waals surface area contributed by atoms with Crippen molar-refractivity contribution in [1.29, 1.82) is 0 Å². The summed E-state index contributed by atoms with van der Waals surface area (Å²) in [7, 11) is 0. The van der Waals surface area contributed by atoms with Crippen LogP contribution in [0.4, 0.5) is 0 Å². The molecule has 0 aliphatic heterocycles. The molecule has 5 heteroatoms. The number of thiophene rings is 1. The first kappa shape index (κ1) is 13.5. The molecule has 0 radical (unpaired) electrons. The second kappa shape index (κ2) is 6.27. The number of benzene rings is 1. The molecule has 0 unspecified atom stereocenters. The lowest BCUT2D eigenvalue weighted by atomic mass is 10.2. The SMILES string of the molecule is CSc1ccc(Cl)c(C(=O)NCc2cccs2)c1. The summed E-state index contributed by atoms with van der Waals surface area (Å²) in [5, 5.41) is 5.34. The molecule has 0 fully saturated rings. The van der Waals surface area contributed by atoms with E-state index in [0.29, 0.717) is 17.1 Å². The van der Waals surface area contributed by atoms with Crippen molar-refractivity contribution < 1.29 is 4.79 Å². The van der Waals surface area contributed by atoms with Crippen LogP contribution in [0, 0.1) is 0 Å². The lowest BCUT2D eigenvalue weighted by Crippen LogP contribution is -2.22. The van der Waals surface area contributed by atoms with Crippen molar-refractivity contribution in [2.75, 3.05) is 6.26 Å². The largest absolute Gasteiger partial charge is 0.347 e. The van der Waals surface area contributed by atoms with E-state index in [1.807, 2.05) is 35.9 Å². The van der Waals surface area contributed by atoms with Gasteiger partial charge in [-0.1, -0.05) is 17.7 Å². The van der Waals surface area contributed by atoms with Crippen molar-refractivity contribution in [3.8, 4) is 0 Å². The maximum absolute atomic E-state index is 12.0. The highest BCUT2D eigenvalue weighted by Crippen LogP contribution is 2.23. The van der Waals surface area contributed by atoms with Crippen LogP contribution in [0.1, 0.15) is 15.2 Å². The summed E-state index contributed by atoms with van der Waals surface area (Å²) in [4.78, 5) is 14.2. The molecule has 94 valence electrons. The van der Waals surface area contributed by atoms with Gasteiger partial charge in [0.15, 0.2) is 0 Å².